The van der Waals surface area contributed by atoms with Crippen molar-refractivity contribution in [3.8, 4) is 22.5 Å². The zero-order valence-electron chi connectivity index (χ0n) is 18.2. The Labute approximate surface area is 205 Å². The molecule has 0 saturated heterocycles. The van der Waals surface area contributed by atoms with Gasteiger partial charge in [-0.05, 0) is 0 Å². The first-order valence-electron chi connectivity index (χ1n) is 10.8. The predicted octanol–water partition coefficient (Wildman–Crippen LogP) is 4.17. The summed E-state index contributed by atoms with van der Waals surface area (Å²) < 4.78 is 8.38. The minimum absolute atomic E-state index is 0.294. The molecule has 5 nitrogen and oxygen atoms in total. The van der Waals surface area contributed by atoms with E-state index in [4.69, 9.17) is 3.02 Å². The molecule has 2 aromatic carbocycles. The molecule has 0 bridgehead atoms. The van der Waals surface area contributed by atoms with E-state index in [1.54, 1.807) is 36.8 Å². The maximum atomic E-state index is 13.2. The van der Waals surface area contributed by atoms with Gasteiger partial charge in [-0.2, -0.15) is 0 Å². The fraction of sp³-hybridized carbons (Fsp3) is 0. The first-order valence-corrected chi connectivity index (χ1v) is 14.3. The van der Waals surface area contributed by atoms with Crippen molar-refractivity contribution in [3.63, 3.8) is 0 Å². The number of hydrogen-bond acceptors (Lipinski definition) is 5. The van der Waals surface area contributed by atoms with Crippen molar-refractivity contribution in [1.82, 2.24) is 15.0 Å². The minimum atomic E-state index is -3.16. The molecule has 3 heterocycles. The third-order valence-corrected chi connectivity index (χ3v) is 10.9. The van der Waals surface area contributed by atoms with Gasteiger partial charge in [-0.3, -0.25) is 0 Å². The van der Waals surface area contributed by atoms with Gasteiger partial charge in [0.2, 0.25) is 0 Å². The number of pyridine rings is 3. The van der Waals surface area contributed by atoms with Gasteiger partial charge < -0.3 is 0 Å². The molecular weight excluding hydrogens is 532 g/mol. The van der Waals surface area contributed by atoms with E-state index in [2.05, 4.69) is 15.0 Å². The Kier molecular flexibility index (Phi) is 6.73. The third kappa shape index (κ3) is 4.75. The summed E-state index contributed by atoms with van der Waals surface area (Å²) in [5.74, 6) is -0.421. The van der Waals surface area contributed by atoms with Gasteiger partial charge in [-0.25, -0.2) is 0 Å². The number of carbonyl (C=O) groups is 1. The molecule has 3 aromatic heterocycles. The van der Waals surface area contributed by atoms with Crippen LogP contribution in [0, 0.1) is 0 Å². The van der Waals surface area contributed by atoms with Crippen molar-refractivity contribution in [2.45, 2.75) is 0 Å². The number of aromatic nitrogens is 3. The number of hydrogen-bond donors (Lipinski definition) is 0. The Morgan fingerprint density at radius 3 is 1.50 bits per heavy atom. The summed E-state index contributed by atoms with van der Waals surface area (Å²) in [5, 5.41) is 0. The third-order valence-electron chi connectivity index (χ3n) is 5.18. The van der Waals surface area contributed by atoms with E-state index in [-0.39, 0.29) is 0 Å². The van der Waals surface area contributed by atoms with E-state index >= 15 is 0 Å². The van der Waals surface area contributed by atoms with E-state index in [0.717, 1.165) is 29.5 Å². The van der Waals surface area contributed by atoms with Gasteiger partial charge in [0, 0.05) is 0 Å². The van der Waals surface area contributed by atoms with Crippen LogP contribution in [0.1, 0.15) is 10.5 Å². The second kappa shape index (κ2) is 10.4. The van der Waals surface area contributed by atoms with Crippen LogP contribution in [-0.4, -0.2) is 41.6 Å². The standard InChI is InChI=1S/2C11H8N.C6H5NO2.Sb/c2*1-2-6-10(7-3-1)11-8-4-5-9-12-11;8-6(9)5-3-1-2-4-7-5;/h2*1-6,8-9H;1-4H,(H,8,9);/q;;;+1/p-1. The van der Waals surface area contributed by atoms with Gasteiger partial charge in [0.1, 0.15) is 0 Å². The van der Waals surface area contributed by atoms with E-state index in [1.807, 2.05) is 84.9 Å². The van der Waals surface area contributed by atoms with Gasteiger partial charge in [-0.15, -0.1) is 0 Å². The molecule has 5 aromatic rings. The van der Waals surface area contributed by atoms with Crippen molar-refractivity contribution in [2.24, 2.45) is 0 Å². The molecular formula is C28H20N3O2Sb. The molecule has 0 N–H and O–H groups in total. The summed E-state index contributed by atoms with van der Waals surface area (Å²) >= 11 is -3.16. The van der Waals surface area contributed by atoms with Crippen molar-refractivity contribution in [2.75, 3.05) is 0 Å². The predicted molar refractivity (Wildman–Crippen MR) is 134 cm³/mol. The summed E-state index contributed by atoms with van der Waals surface area (Å²) in [7, 11) is 0. The van der Waals surface area contributed by atoms with Gasteiger partial charge in [0.25, 0.3) is 0 Å². The van der Waals surface area contributed by atoms with Crippen LogP contribution in [0.25, 0.3) is 22.5 Å². The number of carbonyl (C=O) groups excluding carboxylic acids is 1. The van der Waals surface area contributed by atoms with E-state index in [0.29, 0.717) is 5.69 Å². The summed E-state index contributed by atoms with van der Waals surface area (Å²) in [4.78, 5) is 26.6. The number of rotatable bonds is 6. The van der Waals surface area contributed by atoms with Crippen LogP contribution in [0.4, 0.5) is 0 Å². The molecule has 6 heteroatoms. The molecule has 0 amide bonds. The number of benzene rings is 2. The molecule has 0 unspecified atom stereocenters. The van der Waals surface area contributed by atoms with Crippen molar-refractivity contribution < 1.29 is 7.81 Å². The molecule has 0 aliphatic rings. The molecule has 0 atom stereocenters. The monoisotopic (exact) mass is 551 g/mol. The Balaban J connectivity index is 1.68. The molecule has 0 spiro atoms. The van der Waals surface area contributed by atoms with Crippen molar-refractivity contribution >= 4 is 33.6 Å². The molecule has 0 radical (unpaired) electrons. The van der Waals surface area contributed by atoms with Crippen molar-refractivity contribution in [3.05, 3.63) is 127 Å². The van der Waals surface area contributed by atoms with Gasteiger partial charge in [0.05, 0.1) is 0 Å². The average Bonchev–Trinajstić information content (AvgIpc) is 2.93. The normalized spacial score (nSPS) is 10.7. The first-order chi connectivity index (χ1) is 16.8. The zero-order valence-corrected chi connectivity index (χ0v) is 20.7. The Hall–Kier alpha value is -3.82. The molecule has 5 rings (SSSR count). The van der Waals surface area contributed by atoms with E-state index in [1.165, 1.54) is 0 Å². The Morgan fingerprint density at radius 2 is 1.03 bits per heavy atom. The van der Waals surface area contributed by atoms with Crippen LogP contribution in [0.5, 0.6) is 0 Å². The second-order valence-electron chi connectivity index (χ2n) is 7.35. The van der Waals surface area contributed by atoms with Crippen LogP contribution >= 0.6 is 0 Å². The topological polar surface area (TPSA) is 65.0 Å². The fourth-order valence-corrected chi connectivity index (χ4v) is 9.25. The Bertz CT molecular complexity index is 1310. The molecule has 0 saturated carbocycles. The van der Waals surface area contributed by atoms with Crippen LogP contribution in [0.15, 0.2) is 122 Å². The van der Waals surface area contributed by atoms with Crippen LogP contribution < -0.4 is 7.02 Å². The van der Waals surface area contributed by atoms with Gasteiger partial charge in [-0.1, -0.05) is 0 Å². The van der Waals surface area contributed by atoms with Gasteiger partial charge >= 0.3 is 206 Å². The second-order valence-corrected chi connectivity index (χ2v) is 12.3. The van der Waals surface area contributed by atoms with Crippen LogP contribution in [0.3, 0.4) is 0 Å². The van der Waals surface area contributed by atoms with Crippen LogP contribution in [-0.2, 0) is 3.02 Å². The molecule has 34 heavy (non-hydrogen) atoms. The van der Waals surface area contributed by atoms with Gasteiger partial charge in [0.15, 0.2) is 0 Å². The first kappa shape index (κ1) is 22.0. The maximum absolute atomic E-state index is 13.2. The quantitative estimate of drug-likeness (QED) is 0.296. The zero-order chi connectivity index (χ0) is 23.2. The fourth-order valence-electron chi connectivity index (χ4n) is 3.62. The molecule has 0 fully saturated rings. The number of nitrogens with zero attached hydrogens (tertiary/aromatic N) is 3. The summed E-state index contributed by atoms with van der Waals surface area (Å²) in [6.45, 7) is 0. The summed E-state index contributed by atoms with van der Waals surface area (Å²) in [6, 6.07) is 33.0. The van der Waals surface area contributed by atoms with Crippen molar-refractivity contribution in [1.29, 1.82) is 0 Å². The molecule has 164 valence electrons. The summed E-state index contributed by atoms with van der Waals surface area (Å²) in [6.07, 6.45) is 5.15. The summed E-state index contributed by atoms with van der Waals surface area (Å²) in [5.41, 5.74) is 3.92. The molecule has 0 aliphatic heterocycles. The molecule has 0 aliphatic carbocycles. The SMILES string of the molecule is O=C([O][Sb]([c]1ccccc1-c1ccccn1)[c]1ccccc1-c1ccccn1)c1ccccn1. The average molecular weight is 552 g/mol. The van der Waals surface area contributed by atoms with E-state index < -0.39 is 26.6 Å². The van der Waals surface area contributed by atoms with Crippen LogP contribution in [0.2, 0.25) is 0 Å². The van der Waals surface area contributed by atoms with E-state index in [9.17, 15) is 4.79 Å². The Morgan fingerprint density at radius 1 is 0.559 bits per heavy atom.